The van der Waals surface area contributed by atoms with Crippen molar-refractivity contribution in [3.63, 3.8) is 0 Å². The van der Waals surface area contributed by atoms with E-state index in [-0.39, 0.29) is 10.8 Å². The number of aromatic nitrogens is 3. The molecule has 28 heavy (non-hydrogen) atoms. The standard InChI is InChI=1S/C21H32N4OS2/c1-9-27-18-23-17(24-19(25-18)28-10-2)22-13-11-14(20(3,4)5)16(26)15(12-13)21(6,7)8/h11-12,26H,9-10H2,1-8H3,(H,22,23,24,25). The predicted molar refractivity (Wildman–Crippen MR) is 121 cm³/mol. The summed E-state index contributed by atoms with van der Waals surface area (Å²) >= 11 is 3.20. The number of phenolic OH excluding ortho intramolecular Hbond substituents is 1. The van der Waals surface area contributed by atoms with Crippen LogP contribution in [0.5, 0.6) is 5.75 Å². The van der Waals surface area contributed by atoms with Crippen LogP contribution in [-0.4, -0.2) is 31.6 Å². The van der Waals surface area contributed by atoms with Crippen molar-refractivity contribution in [2.24, 2.45) is 0 Å². The summed E-state index contributed by atoms with van der Waals surface area (Å²) < 4.78 is 0. The van der Waals surface area contributed by atoms with E-state index in [1.54, 1.807) is 23.5 Å². The zero-order valence-corrected chi connectivity index (χ0v) is 19.8. The van der Waals surface area contributed by atoms with Crippen LogP contribution in [0.25, 0.3) is 0 Å². The van der Waals surface area contributed by atoms with Gasteiger partial charge >= 0.3 is 0 Å². The van der Waals surface area contributed by atoms with Crippen LogP contribution < -0.4 is 5.32 Å². The summed E-state index contributed by atoms with van der Waals surface area (Å²) in [4.78, 5) is 13.6. The summed E-state index contributed by atoms with van der Waals surface area (Å²) in [5, 5.41) is 15.7. The number of aromatic hydroxyl groups is 1. The summed E-state index contributed by atoms with van der Waals surface area (Å²) in [7, 11) is 0. The quantitative estimate of drug-likeness (QED) is 0.429. The molecule has 5 nitrogen and oxygen atoms in total. The van der Waals surface area contributed by atoms with Crippen molar-refractivity contribution in [3.8, 4) is 5.75 Å². The molecule has 154 valence electrons. The largest absolute Gasteiger partial charge is 0.507 e. The number of nitrogens with one attached hydrogen (secondary N) is 1. The number of benzene rings is 1. The Labute approximate surface area is 177 Å². The number of thioether (sulfide) groups is 2. The van der Waals surface area contributed by atoms with E-state index in [9.17, 15) is 5.11 Å². The third-order valence-corrected chi connectivity index (χ3v) is 5.58. The van der Waals surface area contributed by atoms with Gasteiger partial charge in [0.2, 0.25) is 5.95 Å². The zero-order valence-electron chi connectivity index (χ0n) is 18.2. The van der Waals surface area contributed by atoms with E-state index in [4.69, 9.17) is 0 Å². The Balaban J connectivity index is 2.54. The van der Waals surface area contributed by atoms with Crippen molar-refractivity contribution in [1.82, 2.24) is 15.0 Å². The molecule has 0 aliphatic rings. The Hall–Kier alpha value is -1.47. The number of rotatable bonds is 6. The molecule has 1 aromatic heterocycles. The summed E-state index contributed by atoms with van der Waals surface area (Å²) in [5.74, 6) is 2.71. The van der Waals surface area contributed by atoms with Crippen LogP contribution in [0.4, 0.5) is 11.6 Å². The number of hydrogen-bond donors (Lipinski definition) is 2. The van der Waals surface area contributed by atoms with Crippen LogP contribution in [0.15, 0.2) is 22.4 Å². The van der Waals surface area contributed by atoms with Crippen molar-refractivity contribution < 1.29 is 5.11 Å². The molecule has 0 aliphatic carbocycles. The van der Waals surface area contributed by atoms with Crippen molar-refractivity contribution in [1.29, 1.82) is 0 Å². The van der Waals surface area contributed by atoms with Gasteiger partial charge in [-0.3, -0.25) is 0 Å². The molecule has 7 heteroatoms. The lowest BCUT2D eigenvalue weighted by atomic mass is 9.79. The molecule has 0 atom stereocenters. The molecule has 1 heterocycles. The molecule has 0 bridgehead atoms. The summed E-state index contributed by atoms with van der Waals surface area (Å²) in [6.07, 6.45) is 0. The number of phenols is 1. The Bertz CT molecular complexity index is 767. The van der Waals surface area contributed by atoms with Gasteiger partial charge in [0.15, 0.2) is 10.3 Å². The fourth-order valence-corrected chi connectivity index (χ4v) is 3.94. The molecular formula is C21H32N4OS2. The third kappa shape index (κ3) is 5.77. The van der Waals surface area contributed by atoms with Crippen LogP contribution in [0.3, 0.4) is 0 Å². The topological polar surface area (TPSA) is 70.9 Å². The maximum absolute atomic E-state index is 10.9. The first kappa shape index (κ1) is 22.8. The van der Waals surface area contributed by atoms with Crippen molar-refractivity contribution in [2.75, 3.05) is 16.8 Å². The fourth-order valence-electron chi connectivity index (χ4n) is 2.76. The second-order valence-corrected chi connectivity index (χ2v) is 11.1. The first-order chi connectivity index (χ1) is 13.0. The number of hydrogen-bond acceptors (Lipinski definition) is 7. The van der Waals surface area contributed by atoms with E-state index in [0.717, 1.165) is 38.6 Å². The minimum absolute atomic E-state index is 0.187. The molecular weight excluding hydrogens is 388 g/mol. The highest BCUT2D eigenvalue weighted by atomic mass is 32.2. The van der Waals surface area contributed by atoms with Gasteiger partial charge < -0.3 is 10.4 Å². The van der Waals surface area contributed by atoms with Crippen LogP contribution in [0, 0.1) is 0 Å². The summed E-state index contributed by atoms with van der Waals surface area (Å²) in [5.41, 5.74) is 2.31. The minimum Gasteiger partial charge on any atom is -0.507 e. The Morgan fingerprint density at radius 1 is 0.821 bits per heavy atom. The highest BCUT2D eigenvalue weighted by Gasteiger charge is 2.26. The van der Waals surface area contributed by atoms with Gasteiger partial charge in [-0.05, 0) is 34.5 Å². The van der Waals surface area contributed by atoms with Gasteiger partial charge in [0.1, 0.15) is 5.75 Å². The minimum atomic E-state index is -0.187. The molecule has 2 aromatic rings. The lowest BCUT2D eigenvalue weighted by Gasteiger charge is -2.28. The van der Waals surface area contributed by atoms with Crippen LogP contribution in [0.2, 0.25) is 0 Å². The van der Waals surface area contributed by atoms with Gasteiger partial charge in [-0.25, -0.2) is 0 Å². The molecule has 0 saturated carbocycles. The lowest BCUT2D eigenvalue weighted by molar-refractivity contribution is 0.423. The molecule has 0 amide bonds. The summed E-state index contributed by atoms with van der Waals surface area (Å²) in [6, 6.07) is 3.99. The van der Waals surface area contributed by atoms with Crippen LogP contribution in [-0.2, 0) is 10.8 Å². The Kier molecular flexibility index (Phi) is 7.26. The molecule has 0 fully saturated rings. The van der Waals surface area contributed by atoms with Gasteiger partial charge in [-0.15, -0.1) is 0 Å². The van der Waals surface area contributed by atoms with E-state index in [0.29, 0.717) is 11.7 Å². The molecule has 0 radical (unpaired) electrons. The molecule has 0 aliphatic heterocycles. The normalized spacial score (nSPS) is 12.3. The average molecular weight is 421 g/mol. The predicted octanol–water partition coefficient (Wildman–Crippen LogP) is 6.14. The van der Waals surface area contributed by atoms with Crippen molar-refractivity contribution >= 4 is 35.2 Å². The molecule has 2 rings (SSSR count). The highest BCUT2D eigenvalue weighted by Crippen LogP contribution is 2.41. The van der Waals surface area contributed by atoms with Gasteiger partial charge in [-0.2, -0.15) is 15.0 Å². The third-order valence-electron chi connectivity index (χ3n) is 4.12. The molecule has 1 aromatic carbocycles. The second-order valence-electron chi connectivity index (χ2n) is 8.64. The highest BCUT2D eigenvalue weighted by molar-refractivity contribution is 7.99. The molecule has 0 saturated heterocycles. The van der Waals surface area contributed by atoms with Gasteiger partial charge in [0, 0.05) is 16.8 Å². The van der Waals surface area contributed by atoms with Crippen molar-refractivity contribution in [2.45, 2.75) is 76.5 Å². The van der Waals surface area contributed by atoms with Gasteiger partial charge in [-0.1, -0.05) is 78.9 Å². The first-order valence-electron chi connectivity index (χ1n) is 9.62. The van der Waals surface area contributed by atoms with Gasteiger partial charge in [0.05, 0.1) is 0 Å². The number of nitrogens with zero attached hydrogens (tertiary/aromatic N) is 3. The van der Waals surface area contributed by atoms with E-state index in [1.165, 1.54) is 0 Å². The monoisotopic (exact) mass is 420 g/mol. The van der Waals surface area contributed by atoms with E-state index < -0.39 is 0 Å². The Morgan fingerprint density at radius 3 is 1.61 bits per heavy atom. The van der Waals surface area contributed by atoms with Gasteiger partial charge in [0.25, 0.3) is 0 Å². The molecule has 0 spiro atoms. The SMILES string of the molecule is CCSc1nc(Nc2cc(C(C)(C)C)c(O)c(C(C)(C)C)c2)nc(SCC)n1. The van der Waals surface area contributed by atoms with Crippen LogP contribution in [0.1, 0.15) is 66.5 Å². The van der Waals surface area contributed by atoms with E-state index in [1.807, 2.05) is 12.1 Å². The smallest absolute Gasteiger partial charge is 0.232 e. The van der Waals surface area contributed by atoms with E-state index >= 15 is 0 Å². The zero-order chi connectivity index (χ0) is 21.1. The fraction of sp³-hybridized carbons (Fsp3) is 0.571. The van der Waals surface area contributed by atoms with Crippen molar-refractivity contribution in [3.05, 3.63) is 23.3 Å². The maximum Gasteiger partial charge on any atom is 0.232 e. The second kappa shape index (κ2) is 8.91. The van der Waals surface area contributed by atoms with E-state index in [2.05, 4.69) is 75.7 Å². The van der Waals surface area contributed by atoms with Crippen LogP contribution >= 0.6 is 23.5 Å². The molecule has 0 unspecified atom stereocenters. The maximum atomic E-state index is 10.9. The molecule has 2 N–H and O–H groups in total. The average Bonchev–Trinajstić information content (AvgIpc) is 2.54. The first-order valence-corrected chi connectivity index (χ1v) is 11.6. The Morgan fingerprint density at radius 2 is 1.25 bits per heavy atom. The number of anilines is 2. The lowest BCUT2D eigenvalue weighted by Crippen LogP contribution is -2.18. The summed E-state index contributed by atoms with van der Waals surface area (Å²) in [6.45, 7) is 16.8.